The van der Waals surface area contributed by atoms with Gasteiger partial charge in [-0.05, 0) is 36.4 Å². The summed E-state index contributed by atoms with van der Waals surface area (Å²) in [7, 11) is 0. The van der Waals surface area contributed by atoms with E-state index in [1.165, 1.54) is 16.9 Å². The molecule has 0 radical (unpaired) electrons. The molecule has 0 N–H and O–H groups in total. The van der Waals surface area contributed by atoms with Gasteiger partial charge in [0.05, 0.1) is 6.54 Å². The molecule has 0 saturated heterocycles. The molecule has 150 valence electrons. The van der Waals surface area contributed by atoms with E-state index in [0.29, 0.717) is 36.8 Å². The van der Waals surface area contributed by atoms with Crippen molar-refractivity contribution in [3.8, 4) is 22.9 Å². The number of tetrazole rings is 1. The number of rotatable bonds is 6. The molecule has 29 heavy (non-hydrogen) atoms. The zero-order valence-corrected chi connectivity index (χ0v) is 15.9. The highest BCUT2D eigenvalue weighted by Crippen LogP contribution is 2.31. The number of hydrogen-bond donors (Lipinski definition) is 0. The molecular weight excluding hydrogens is 377 g/mol. The number of ether oxygens (including phenoxy) is 2. The van der Waals surface area contributed by atoms with Gasteiger partial charge < -0.3 is 14.4 Å². The summed E-state index contributed by atoms with van der Waals surface area (Å²) >= 11 is 0. The lowest BCUT2D eigenvalue weighted by Crippen LogP contribution is -2.44. The number of nitrogens with zero attached hydrogens (tertiary/aromatic N) is 5. The Morgan fingerprint density at radius 1 is 1.24 bits per heavy atom. The number of para-hydroxylation sites is 2. The fourth-order valence-electron chi connectivity index (χ4n) is 3.08. The average molecular weight is 397 g/mol. The molecule has 1 aliphatic heterocycles. The van der Waals surface area contributed by atoms with Gasteiger partial charge in [0.15, 0.2) is 17.6 Å². The second kappa shape index (κ2) is 8.26. The first kappa shape index (κ1) is 18.9. The minimum absolute atomic E-state index is 0.0691. The van der Waals surface area contributed by atoms with Crippen LogP contribution in [-0.4, -0.2) is 56.8 Å². The van der Waals surface area contributed by atoms with Crippen LogP contribution in [0.2, 0.25) is 0 Å². The monoisotopic (exact) mass is 397 g/mol. The molecule has 4 rings (SSSR count). The predicted octanol–water partition coefficient (Wildman–Crippen LogP) is 2.17. The summed E-state index contributed by atoms with van der Waals surface area (Å²) in [6, 6.07) is 13.4. The molecule has 0 aliphatic carbocycles. The van der Waals surface area contributed by atoms with Gasteiger partial charge in [-0.2, -0.15) is 4.80 Å². The normalized spacial score (nSPS) is 15.2. The third-order valence-corrected chi connectivity index (χ3v) is 4.54. The van der Waals surface area contributed by atoms with Crippen LogP contribution in [0.1, 0.15) is 6.92 Å². The summed E-state index contributed by atoms with van der Waals surface area (Å²) in [6.07, 6.45) is -0.264. The van der Waals surface area contributed by atoms with E-state index in [-0.39, 0.29) is 30.2 Å². The van der Waals surface area contributed by atoms with E-state index in [9.17, 15) is 9.18 Å². The molecule has 1 unspecified atom stereocenters. The Morgan fingerprint density at radius 3 is 2.86 bits per heavy atom. The maximum Gasteiger partial charge on any atom is 0.246 e. The first-order chi connectivity index (χ1) is 14.1. The van der Waals surface area contributed by atoms with Gasteiger partial charge in [-0.25, -0.2) is 4.39 Å². The van der Waals surface area contributed by atoms with Crippen molar-refractivity contribution in [2.45, 2.75) is 19.6 Å². The largest absolute Gasteiger partial charge is 0.486 e. The van der Waals surface area contributed by atoms with Crippen molar-refractivity contribution in [3.63, 3.8) is 0 Å². The van der Waals surface area contributed by atoms with Gasteiger partial charge in [0.25, 0.3) is 0 Å². The molecule has 3 aromatic rings. The summed E-state index contributed by atoms with van der Waals surface area (Å²) in [5.74, 6) is 1.09. The highest BCUT2D eigenvalue weighted by molar-refractivity contribution is 5.75. The van der Waals surface area contributed by atoms with Crippen molar-refractivity contribution in [1.82, 2.24) is 25.1 Å². The van der Waals surface area contributed by atoms with Crippen LogP contribution < -0.4 is 9.47 Å². The maximum atomic E-state index is 13.4. The van der Waals surface area contributed by atoms with Crippen molar-refractivity contribution >= 4 is 5.91 Å². The number of fused-ring (bicyclic) bond motifs is 1. The number of hydrogen-bond acceptors (Lipinski definition) is 6. The first-order valence-electron chi connectivity index (χ1n) is 9.32. The van der Waals surface area contributed by atoms with E-state index in [4.69, 9.17) is 9.47 Å². The van der Waals surface area contributed by atoms with Gasteiger partial charge in [-0.15, -0.1) is 10.2 Å². The Labute approximate surface area is 166 Å². The Kier molecular flexibility index (Phi) is 5.37. The molecular formula is C20H20FN5O3. The zero-order valence-electron chi connectivity index (χ0n) is 15.9. The Balaban J connectivity index is 1.38. The standard InChI is InChI=1S/C20H20FN5O3/c1-2-25(11-16-13-28-17-8-3-4-9-18(17)29-16)19(27)12-26-23-20(22-24-26)14-6-5-7-15(21)10-14/h3-10,16H,2,11-13H2,1H3. The van der Waals surface area contributed by atoms with Crippen molar-refractivity contribution in [2.24, 2.45) is 0 Å². The quantitative estimate of drug-likeness (QED) is 0.634. The second-order valence-electron chi connectivity index (χ2n) is 6.58. The van der Waals surface area contributed by atoms with E-state index in [1.54, 1.807) is 17.0 Å². The molecule has 1 aliphatic rings. The molecule has 1 atom stereocenters. The Hall–Kier alpha value is -3.49. The van der Waals surface area contributed by atoms with Crippen LogP contribution in [0.3, 0.4) is 0 Å². The predicted molar refractivity (Wildman–Crippen MR) is 102 cm³/mol. The van der Waals surface area contributed by atoms with Gasteiger partial charge in [0.2, 0.25) is 11.7 Å². The molecule has 2 aromatic carbocycles. The van der Waals surface area contributed by atoms with Gasteiger partial charge >= 0.3 is 0 Å². The number of halogens is 1. The molecule has 2 heterocycles. The molecule has 1 aromatic heterocycles. The second-order valence-corrected chi connectivity index (χ2v) is 6.58. The van der Waals surface area contributed by atoms with Gasteiger partial charge in [-0.1, -0.05) is 24.3 Å². The average Bonchev–Trinajstić information content (AvgIpc) is 3.20. The Bertz CT molecular complexity index is 1010. The maximum absolute atomic E-state index is 13.4. The molecule has 8 nitrogen and oxygen atoms in total. The highest BCUT2D eigenvalue weighted by Gasteiger charge is 2.25. The summed E-state index contributed by atoms with van der Waals surface area (Å²) in [4.78, 5) is 15.6. The third-order valence-electron chi connectivity index (χ3n) is 4.54. The van der Waals surface area contributed by atoms with Crippen LogP contribution in [-0.2, 0) is 11.3 Å². The zero-order chi connectivity index (χ0) is 20.2. The highest BCUT2D eigenvalue weighted by atomic mass is 19.1. The van der Waals surface area contributed by atoms with Crippen LogP contribution in [0.25, 0.3) is 11.4 Å². The Morgan fingerprint density at radius 2 is 2.07 bits per heavy atom. The molecule has 0 fully saturated rings. The van der Waals surface area contributed by atoms with Crippen LogP contribution >= 0.6 is 0 Å². The number of aromatic nitrogens is 4. The SMILES string of the molecule is CCN(CC1COc2ccccc2O1)C(=O)Cn1nnc(-c2cccc(F)c2)n1. The molecule has 0 spiro atoms. The minimum Gasteiger partial charge on any atom is -0.486 e. The van der Waals surface area contributed by atoms with Crippen LogP contribution in [0.5, 0.6) is 11.5 Å². The topological polar surface area (TPSA) is 82.4 Å². The van der Waals surface area contributed by atoms with Gasteiger partial charge in [0, 0.05) is 12.1 Å². The van der Waals surface area contributed by atoms with Crippen molar-refractivity contribution < 1.29 is 18.7 Å². The minimum atomic E-state index is -0.386. The van der Waals surface area contributed by atoms with Crippen molar-refractivity contribution in [2.75, 3.05) is 19.7 Å². The van der Waals surface area contributed by atoms with Crippen molar-refractivity contribution in [1.29, 1.82) is 0 Å². The number of carbonyl (C=O) groups is 1. The number of likely N-dealkylation sites (N-methyl/N-ethyl adjacent to an activating group) is 1. The lowest BCUT2D eigenvalue weighted by molar-refractivity contribution is -0.133. The third kappa shape index (κ3) is 4.34. The summed E-state index contributed by atoms with van der Waals surface area (Å²) in [5, 5.41) is 12.0. The summed E-state index contributed by atoms with van der Waals surface area (Å²) in [6.45, 7) is 3.08. The van der Waals surface area contributed by atoms with Gasteiger partial charge in [0.1, 0.15) is 19.0 Å². The van der Waals surface area contributed by atoms with Gasteiger partial charge in [-0.3, -0.25) is 4.79 Å². The fraction of sp³-hybridized carbons (Fsp3) is 0.300. The molecule has 9 heteroatoms. The van der Waals surface area contributed by atoms with Crippen LogP contribution in [0.4, 0.5) is 4.39 Å². The van der Waals surface area contributed by atoms with Crippen LogP contribution in [0, 0.1) is 5.82 Å². The molecule has 0 saturated carbocycles. The fourth-order valence-corrected chi connectivity index (χ4v) is 3.08. The van der Waals surface area contributed by atoms with E-state index in [1.807, 2.05) is 31.2 Å². The first-order valence-corrected chi connectivity index (χ1v) is 9.32. The summed E-state index contributed by atoms with van der Waals surface area (Å²) in [5.41, 5.74) is 0.502. The lowest BCUT2D eigenvalue weighted by atomic mass is 10.2. The van der Waals surface area contributed by atoms with E-state index < -0.39 is 0 Å². The summed E-state index contributed by atoms with van der Waals surface area (Å²) < 4.78 is 25.0. The van der Waals surface area contributed by atoms with E-state index >= 15 is 0 Å². The number of carbonyl (C=O) groups excluding carboxylic acids is 1. The number of benzene rings is 2. The van der Waals surface area contributed by atoms with E-state index in [0.717, 1.165) is 0 Å². The number of amides is 1. The van der Waals surface area contributed by atoms with E-state index in [2.05, 4.69) is 15.4 Å². The smallest absolute Gasteiger partial charge is 0.246 e. The lowest BCUT2D eigenvalue weighted by Gasteiger charge is -2.30. The van der Waals surface area contributed by atoms with Crippen molar-refractivity contribution in [3.05, 3.63) is 54.3 Å². The molecule has 1 amide bonds. The molecule has 0 bridgehead atoms. The van der Waals surface area contributed by atoms with Crippen LogP contribution in [0.15, 0.2) is 48.5 Å².